The Kier molecular flexibility index (Phi) is 5.50. The molecule has 1 saturated heterocycles. The Morgan fingerprint density at radius 3 is 2.42 bits per heavy atom. The van der Waals surface area contributed by atoms with Crippen LogP contribution in [0.1, 0.15) is 33.4 Å². The Labute approximate surface area is 196 Å². The third-order valence-electron chi connectivity index (χ3n) is 6.43. The number of benzene rings is 2. The summed E-state index contributed by atoms with van der Waals surface area (Å²) in [5.74, 6) is 1.71. The summed E-state index contributed by atoms with van der Waals surface area (Å²) in [5, 5.41) is 3.73. The van der Waals surface area contributed by atoms with Gasteiger partial charge in [0.25, 0.3) is 5.91 Å². The number of carbonyl (C=O) groups is 2. The van der Waals surface area contributed by atoms with Gasteiger partial charge in [0, 0.05) is 37.0 Å². The minimum atomic E-state index is -0.126. The number of rotatable bonds is 6. The topological polar surface area (TPSA) is 71.5 Å². The van der Waals surface area contributed by atoms with E-state index >= 15 is 0 Å². The van der Waals surface area contributed by atoms with Crippen LogP contribution in [0.25, 0.3) is 11.3 Å². The first-order chi connectivity index (χ1) is 16.0. The van der Waals surface area contributed by atoms with E-state index in [0.29, 0.717) is 16.5 Å². The zero-order chi connectivity index (χ0) is 23.0. The molecule has 3 aromatic rings. The van der Waals surface area contributed by atoms with Crippen molar-refractivity contribution in [3.05, 3.63) is 77.1 Å². The lowest BCUT2D eigenvalue weighted by Crippen LogP contribution is -2.62. The van der Waals surface area contributed by atoms with E-state index in [0.717, 1.165) is 48.0 Å². The van der Waals surface area contributed by atoms with Crippen molar-refractivity contribution in [1.82, 2.24) is 15.2 Å². The van der Waals surface area contributed by atoms with E-state index in [1.807, 2.05) is 59.5 Å². The van der Waals surface area contributed by atoms with Crippen LogP contribution in [-0.2, 0) is 4.79 Å². The van der Waals surface area contributed by atoms with Crippen LogP contribution in [0.2, 0.25) is 0 Å². The third kappa shape index (κ3) is 4.04. The molecule has 0 unspecified atom stereocenters. The SMILES string of the molecule is C=CC(=O)N1CC2(CC(c3nc(-c4ccc(Oc5ccccc5)cc4)c(C(=O)NC)s3)C2)C1. The smallest absolute Gasteiger partial charge is 0.263 e. The van der Waals surface area contributed by atoms with Crippen LogP contribution in [0.4, 0.5) is 0 Å². The Hall–Kier alpha value is -3.45. The van der Waals surface area contributed by atoms with Crippen LogP contribution in [0.3, 0.4) is 0 Å². The third-order valence-corrected chi connectivity index (χ3v) is 7.65. The Morgan fingerprint density at radius 1 is 1.12 bits per heavy atom. The van der Waals surface area contributed by atoms with E-state index < -0.39 is 0 Å². The molecule has 1 aliphatic heterocycles. The molecule has 5 rings (SSSR count). The zero-order valence-corrected chi connectivity index (χ0v) is 19.2. The lowest BCUT2D eigenvalue weighted by molar-refractivity contribution is -0.145. The van der Waals surface area contributed by atoms with Gasteiger partial charge in [0.15, 0.2) is 0 Å². The molecule has 2 aromatic carbocycles. The number of ether oxygens (including phenoxy) is 1. The molecule has 0 bridgehead atoms. The summed E-state index contributed by atoms with van der Waals surface area (Å²) in [5.41, 5.74) is 1.80. The molecule has 2 heterocycles. The average molecular weight is 460 g/mol. The predicted molar refractivity (Wildman–Crippen MR) is 129 cm³/mol. The number of para-hydroxylation sites is 1. The normalized spacial score (nSPS) is 16.6. The van der Waals surface area contributed by atoms with Crippen LogP contribution in [-0.4, -0.2) is 41.8 Å². The molecule has 1 N–H and O–H groups in total. The quantitative estimate of drug-likeness (QED) is 0.535. The molecular weight excluding hydrogens is 434 g/mol. The first kappa shape index (κ1) is 21.4. The highest BCUT2D eigenvalue weighted by molar-refractivity contribution is 7.14. The van der Waals surface area contributed by atoms with Crippen molar-refractivity contribution < 1.29 is 14.3 Å². The number of hydrogen-bond acceptors (Lipinski definition) is 5. The molecule has 0 atom stereocenters. The minimum absolute atomic E-state index is 0.00204. The average Bonchev–Trinajstić information content (AvgIpc) is 3.22. The van der Waals surface area contributed by atoms with Crippen LogP contribution in [0.5, 0.6) is 11.5 Å². The summed E-state index contributed by atoms with van der Waals surface area (Å²) in [6.07, 6.45) is 3.37. The molecule has 2 amide bonds. The monoisotopic (exact) mass is 459 g/mol. The van der Waals surface area contributed by atoms with Gasteiger partial charge in [-0.25, -0.2) is 4.98 Å². The van der Waals surface area contributed by atoms with Crippen LogP contribution in [0, 0.1) is 5.41 Å². The maximum absolute atomic E-state index is 12.6. The number of aromatic nitrogens is 1. The van der Waals surface area contributed by atoms with Gasteiger partial charge in [-0.05, 0) is 55.3 Å². The molecule has 33 heavy (non-hydrogen) atoms. The van der Waals surface area contributed by atoms with Crippen LogP contribution in [0.15, 0.2) is 67.3 Å². The maximum Gasteiger partial charge on any atom is 0.263 e. The maximum atomic E-state index is 12.6. The molecule has 6 nitrogen and oxygen atoms in total. The summed E-state index contributed by atoms with van der Waals surface area (Å²) in [4.78, 5) is 31.7. The van der Waals surface area contributed by atoms with Gasteiger partial charge < -0.3 is 15.0 Å². The number of likely N-dealkylation sites (tertiary alicyclic amines) is 1. The molecule has 2 fully saturated rings. The summed E-state index contributed by atoms with van der Waals surface area (Å²) in [6, 6.07) is 17.3. The second-order valence-corrected chi connectivity index (χ2v) is 9.78. The largest absolute Gasteiger partial charge is 0.457 e. The molecule has 1 saturated carbocycles. The molecule has 7 heteroatoms. The van der Waals surface area contributed by atoms with Gasteiger partial charge >= 0.3 is 0 Å². The van der Waals surface area contributed by atoms with E-state index in [2.05, 4.69) is 11.9 Å². The van der Waals surface area contributed by atoms with Gasteiger partial charge in [0.2, 0.25) is 5.91 Å². The van der Waals surface area contributed by atoms with Crippen molar-refractivity contribution in [2.75, 3.05) is 20.1 Å². The van der Waals surface area contributed by atoms with Gasteiger partial charge in [-0.3, -0.25) is 9.59 Å². The predicted octanol–water partition coefficient (Wildman–Crippen LogP) is 4.85. The number of hydrogen-bond donors (Lipinski definition) is 1. The fourth-order valence-corrected chi connectivity index (χ4v) is 5.88. The Morgan fingerprint density at radius 2 is 1.79 bits per heavy atom. The summed E-state index contributed by atoms with van der Waals surface area (Å²) in [7, 11) is 1.64. The molecule has 1 spiro atoms. The highest BCUT2D eigenvalue weighted by Gasteiger charge is 2.54. The lowest BCUT2D eigenvalue weighted by atomic mass is 9.58. The van der Waals surface area contributed by atoms with Gasteiger partial charge in [-0.15, -0.1) is 11.3 Å². The van der Waals surface area contributed by atoms with Crippen LogP contribution < -0.4 is 10.1 Å². The summed E-state index contributed by atoms with van der Waals surface area (Å²) < 4.78 is 5.88. The molecule has 168 valence electrons. The number of nitrogens with one attached hydrogen (secondary N) is 1. The van der Waals surface area contributed by atoms with E-state index in [1.165, 1.54) is 17.4 Å². The zero-order valence-electron chi connectivity index (χ0n) is 18.4. The van der Waals surface area contributed by atoms with E-state index in [9.17, 15) is 9.59 Å². The van der Waals surface area contributed by atoms with E-state index in [1.54, 1.807) is 7.05 Å². The van der Waals surface area contributed by atoms with Crippen LogP contribution >= 0.6 is 11.3 Å². The highest BCUT2D eigenvalue weighted by Crippen LogP contribution is 2.57. The van der Waals surface area contributed by atoms with Crippen molar-refractivity contribution >= 4 is 23.2 Å². The molecule has 1 aromatic heterocycles. The fourth-order valence-electron chi connectivity index (χ4n) is 4.75. The Balaban J connectivity index is 1.32. The minimum Gasteiger partial charge on any atom is -0.457 e. The van der Waals surface area contributed by atoms with Gasteiger partial charge in [-0.2, -0.15) is 0 Å². The van der Waals surface area contributed by atoms with E-state index in [-0.39, 0.29) is 17.2 Å². The number of thiazole rings is 1. The fraction of sp³-hybridized carbons (Fsp3) is 0.269. The first-order valence-electron chi connectivity index (χ1n) is 11.0. The number of nitrogens with zero attached hydrogens (tertiary/aromatic N) is 2. The summed E-state index contributed by atoms with van der Waals surface area (Å²) >= 11 is 1.47. The van der Waals surface area contributed by atoms with Crippen molar-refractivity contribution in [2.45, 2.75) is 18.8 Å². The second kappa shape index (κ2) is 8.48. The van der Waals surface area contributed by atoms with Gasteiger partial charge in [0.05, 0.1) is 10.7 Å². The highest BCUT2D eigenvalue weighted by atomic mass is 32.1. The molecule has 0 radical (unpaired) electrons. The lowest BCUT2D eigenvalue weighted by Gasteiger charge is -2.58. The second-order valence-electron chi connectivity index (χ2n) is 8.75. The first-order valence-corrected chi connectivity index (χ1v) is 11.8. The number of amides is 2. The van der Waals surface area contributed by atoms with Crippen molar-refractivity contribution in [1.29, 1.82) is 0 Å². The van der Waals surface area contributed by atoms with E-state index in [4.69, 9.17) is 9.72 Å². The molecule has 2 aliphatic rings. The molecule has 1 aliphatic carbocycles. The molecular formula is C26H25N3O3S. The van der Waals surface area contributed by atoms with Crippen molar-refractivity contribution in [2.24, 2.45) is 5.41 Å². The van der Waals surface area contributed by atoms with Gasteiger partial charge in [-0.1, -0.05) is 24.8 Å². The van der Waals surface area contributed by atoms with Gasteiger partial charge in [0.1, 0.15) is 16.4 Å². The van der Waals surface area contributed by atoms with Crippen molar-refractivity contribution in [3.63, 3.8) is 0 Å². The number of carbonyl (C=O) groups excluding carboxylic acids is 2. The summed E-state index contributed by atoms with van der Waals surface area (Å²) in [6.45, 7) is 5.14. The standard InChI is InChI=1S/C26H25N3O3S/c1-3-21(30)29-15-26(16-29)13-18(14-26)25-28-22(23(33-25)24(31)27-2)17-9-11-20(12-10-17)32-19-7-5-4-6-8-19/h3-12,18H,1,13-16H2,2H3,(H,27,31). The Bertz CT molecular complexity index is 1190. The van der Waals surface area contributed by atoms with Crippen molar-refractivity contribution in [3.8, 4) is 22.8 Å².